The van der Waals surface area contributed by atoms with Crippen LogP contribution < -0.4 is 10.6 Å². The molecule has 2 aromatic carbocycles. The van der Waals surface area contributed by atoms with Crippen LogP contribution in [0.4, 0.5) is 11.8 Å². The number of nitrogen functional groups attached to an aromatic ring is 1. The zero-order chi connectivity index (χ0) is 21.4. The minimum absolute atomic E-state index is 0.467. The molecule has 2 aromatic heterocycles. The fraction of sp³-hybridized carbons (Fsp3) is 0.292. The minimum Gasteiger partial charge on any atom is -0.383 e. The topological polar surface area (TPSA) is 82.1 Å². The maximum Gasteiger partial charge on any atom is 0.228 e. The van der Waals surface area contributed by atoms with Gasteiger partial charge in [-0.1, -0.05) is 56.3 Å². The largest absolute Gasteiger partial charge is 0.383 e. The summed E-state index contributed by atoms with van der Waals surface area (Å²) in [5.74, 6) is 1.67. The zero-order valence-corrected chi connectivity index (χ0v) is 17.8. The number of nitrogens with zero attached hydrogens (tertiary/aromatic N) is 5. The third-order valence-electron chi connectivity index (χ3n) is 5.70. The average molecular weight is 415 g/mol. The van der Waals surface area contributed by atoms with Gasteiger partial charge in [-0.3, -0.25) is 0 Å². The van der Waals surface area contributed by atoms with Crippen molar-refractivity contribution >= 4 is 22.8 Å². The third kappa shape index (κ3) is 3.61. The second-order valence-corrected chi connectivity index (χ2v) is 8.08. The van der Waals surface area contributed by atoms with E-state index in [1.807, 2.05) is 30.3 Å². The number of fused-ring (bicyclic) bond motifs is 1. The molecule has 0 unspecified atom stereocenters. The highest BCUT2D eigenvalue weighted by molar-refractivity contribution is 5.99. The lowest BCUT2D eigenvalue weighted by molar-refractivity contribution is 0.122. The van der Waals surface area contributed by atoms with Crippen molar-refractivity contribution in [1.82, 2.24) is 19.7 Å². The summed E-state index contributed by atoms with van der Waals surface area (Å²) >= 11 is 0. The Bertz CT molecular complexity index is 1190. The van der Waals surface area contributed by atoms with E-state index in [0.717, 1.165) is 35.4 Å². The quantitative estimate of drug-likeness (QED) is 0.543. The van der Waals surface area contributed by atoms with E-state index in [9.17, 15) is 0 Å². The molecule has 0 radical (unpaired) electrons. The van der Waals surface area contributed by atoms with E-state index < -0.39 is 0 Å². The van der Waals surface area contributed by atoms with E-state index in [1.165, 1.54) is 5.56 Å². The Morgan fingerprint density at radius 1 is 0.935 bits per heavy atom. The first kappa shape index (κ1) is 19.5. The van der Waals surface area contributed by atoms with Crippen LogP contribution in [0.5, 0.6) is 0 Å². The highest BCUT2D eigenvalue weighted by Gasteiger charge is 2.22. The van der Waals surface area contributed by atoms with Crippen LogP contribution in [0.1, 0.15) is 25.3 Å². The predicted molar refractivity (Wildman–Crippen MR) is 124 cm³/mol. The van der Waals surface area contributed by atoms with Crippen molar-refractivity contribution in [3.63, 3.8) is 0 Å². The van der Waals surface area contributed by atoms with Crippen molar-refractivity contribution in [1.29, 1.82) is 0 Å². The van der Waals surface area contributed by atoms with Crippen LogP contribution in [-0.4, -0.2) is 46.1 Å². The number of morpholine rings is 1. The number of anilines is 2. The molecule has 0 spiro atoms. The molecular weight excluding hydrogens is 388 g/mol. The smallest absolute Gasteiger partial charge is 0.228 e. The summed E-state index contributed by atoms with van der Waals surface area (Å²) in [4.78, 5) is 11.9. The second-order valence-electron chi connectivity index (χ2n) is 8.08. The van der Waals surface area contributed by atoms with Gasteiger partial charge >= 0.3 is 0 Å². The Morgan fingerprint density at radius 2 is 1.65 bits per heavy atom. The highest BCUT2D eigenvalue weighted by Crippen LogP contribution is 2.33. The summed E-state index contributed by atoms with van der Waals surface area (Å²) in [5.41, 5.74) is 11.2. The van der Waals surface area contributed by atoms with Crippen LogP contribution in [0, 0.1) is 0 Å². The summed E-state index contributed by atoms with van der Waals surface area (Å²) in [6.45, 7) is 7.21. The number of ether oxygens (including phenoxy) is 1. The average Bonchev–Trinajstić information content (AvgIpc) is 3.16. The van der Waals surface area contributed by atoms with Crippen LogP contribution in [0.25, 0.3) is 28.0 Å². The first-order chi connectivity index (χ1) is 15.1. The molecule has 7 nitrogen and oxygen atoms in total. The standard InChI is InChI=1S/C24H26N6O/c1-16(2)17-8-10-19(11-9-17)30-22(25)20-21(18-6-4-3-5-7-18)26-24(27-23(20)28-30)29-12-14-31-15-13-29/h3-11,16H,12-15,25H2,1-2H3. The number of aromatic nitrogens is 4. The van der Waals surface area contributed by atoms with Crippen molar-refractivity contribution in [3.05, 3.63) is 60.2 Å². The number of rotatable bonds is 4. The number of hydrogen-bond acceptors (Lipinski definition) is 6. The van der Waals surface area contributed by atoms with E-state index in [1.54, 1.807) is 4.68 Å². The van der Waals surface area contributed by atoms with E-state index in [2.05, 4.69) is 43.0 Å². The first-order valence-corrected chi connectivity index (χ1v) is 10.7. The minimum atomic E-state index is 0.467. The van der Waals surface area contributed by atoms with Gasteiger partial charge < -0.3 is 15.4 Å². The summed E-state index contributed by atoms with van der Waals surface area (Å²) in [7, 11) is 0. The monoisotopic (exact) mass is 414 g/mol. The molecule has 158 valence electrons. The molecule has 3 heterocycles. The maximum absolute atomic E-state index is 6.62. The molecule has 1 aliphatic rings. The van der Waals surface area contributed by atoms with E-state index in [0.29, 0.717) is 36.5 Å². The third-order valence-corrected chi connectivity index (χ3v) is 5.70. The van der Waals surface area contributed by atoms with Gasteiger partial charge in [0, 0.05) is 18.7 Å². The Hall–Kier alpha value is -3.45. The fourth-order valence-electron chi connectivity index (χ4n) is 3.91. The number of nitrogens with two attached hydrogens (primary N) is 1. The van der Waals surface area contributed by atoms with Gasteiger partial charge in [-0.25, -0.2) is 9.67 Å². The summed E-state index contributed by atoms with van der Waals surface area (Å²) < 4.78 is 7.26. The molecule has 1 aliphatic heterocycles. The molecule has 1 fully saturated rings. The Morgan fingerprint density at radius 3 is 2.32 bits per heavy atom. The lowest BCUT2D eigenvalue weighted by Crippen LogP contribution is -2.37. The fourth-order valence-corrected chi connectivity index (χ4v) is 3.91. The maximum atomic E-state index is 6.62. The molecule has 0 saturated carbocycles. The normalized spacial score (nSPS) is 14.5. The SMILES string of the molecule is CC(C)c1ccc(-n2nc3nc(N4CCOCC4)nc(-c4ccccc4)c3c2N)cc1. The van der Waals surface area contributed by atoms with E-state index >= 15 is 0 Å². The Kier molecular flexibility index (Phi) is 5.03. The molecule has 0 amide bonds. The van der Waals surface area contributed by atoms with Crippen LogP contribution >= 0.6 is 0 Å². The number of hydrogen-bond donors (Lipinski definition) is 1. The van der Waals surface area contributed by atoms with Gasteiger partial charge in [-0.15, -0.1) is 5.10 Å². The second kappa shape index (κ2) is 8.00. The van der Waals surface area contributed by atoms with Crippen molar-refractivity contribution in [2.24, 2.45) is 0 Å². The molecule has 0 aliphatic carbocycles. The van der Waals surface area contributed by atoms with Gasteiger partial charge in [-0.05, 0) is 23.6 Å². The highest BCUT2D eigenvalue weighted by atomic mass is 16.5. The Balaban J connectivity index is 1.69. The van der Waals surface area contributed by atoms with Gasteiger partial charge in [0.1, 0.15) is 5.82 Å². The van der Waals surface area contributed by atoms with Crippen molar-refractivity contribution in [2.45, 2.75) is 19.8 Å². The van der Waals surface area contributed by atoms with Crippen LogP contribution in [-0.2, 0) is 4.74 Å². The van der Waals surface area contributed by atoms with Crippen molar-refractivity contribution in [2.75, 3.05) is 36.9 Å². The molecule has 1 saturated heterocycles. The first-order valence-electron chi connectivity index (χ1n) is 10.7. The van der Waals surface area contributed by atoms with Gasteiger partial charge in [0.25, 0.3) is 0 Å². The molecule has 4 aromatic rings. The summed E-state index contributed by atoms with van der Waals surface area (Å²) in [5, 5.41) is 5.56. The van der Waals surface area contributed by atoms with Crippen molar-refractivity contribution < 1.29 is 4.74 Å². The zero-order valence-electron chi connectivity index (χ0n) is 17.8. The van der Waals surface area contributed by atoms with Crippen LogP contribution in [0.15, 0.2) is 54.6 Å². The van der Waals surface area contributed by atoms with Gasteiger partial charge in [0.15, 0.2) is 5.65 Å². The van der Waals surface area contributed by atoms with Gasteiger partial charge in [0.2, 0.25) is 5.95 Å². The van der Waals surface area contributed by atoms with E-state index in [-0.39, 0.29) is 0 Å². The summed E-state index contributed by atoms with van der Waals surface area (Å²) in [6.07, 6.45) is 0. The van der Waals surface area contributed by atoms with Gasteiger partial charge in [0.05, 0.1) is 30.0 Å². The Labute approximate surface area is 181 Å². The molecule has 0 bridgehead atoms. The van der Waals surface area contributed by atoms with Gasteiger partial charge in [-0.2, -0.15) is 4.98 Å². The lowest BCUT2D eigenvalue weighted by atomic mass is 10.0. The predicted octanol–water partition coefficient (Wildman–Crippen LogP) is 4.02. The lowest BCUT2D eigenvalue weighted by Gasteiger charge is -2.27. The van der Waals surface area contributed by atoms with Crippen LogP contribution in [0.2, 0.25) is 0 Å². The summed E-state index contributed by atoms with van der Waals surface area (Å²) in [6, 6.07) is 18.4. The van der Waals surface area contributed by atoms with E-state index in [4.69, 9.17) is 25.5 Å². The molecular formula is C24H26N6O. The van der Waals surface area contributed by atoms with Crippen LogP contribution in [0.3, 0.4) is 0 Å². The molecule has 2 N–H and O–H groups in total. The number of benzene rings is 2. The van der Waals surface area contributed by atoms with Crippen molar-refractivity contribution in [3.8, 4) is 16.9 Å². The molecule has 31 heavy (non-hydrogen) atoms. The molecule has 7 heteroatoms. The molecule has 0 atom stereocenters. The molecule has 5 rings (SSSR count).